The third-order valence-corrected chi connectivity index (χ3v) is 4.21. The minimum atomic E-state index is -0.337. The maximum atomic E-state index is 12.1. The number of aromatic nitrogens is 3. The van der Waals surface area contributed by atoms with Gasteiger partial charge in [0.2, 0.25) is 17.7 Å². The number of pyridine rings is 1. The van der Waals surface area contributed by atoms with Crippen LogP contribution in [-0.4, -0.2) is 26.8 Å². The molecular formula is C16H13N5O3S. The normalized spacial score (nSPS) is 10.4. The van der Waals surface area contributed by atoms with Gasteiger partial charge in [0.25, 0.3) is 5.22 Å². The number of nitrogens with zero attached hydrogens (tertiary/aromatic N) is 4. The lowest BCUT2D eigenvalue weighted by molar-refractivity contribution is -0.113. The van der Waals surface area contributed by atoms with E-state index in [4.69, 9.17) is 14.1 Å². The van der Waals surface area contributed by atoms with Crippen molar-refractivity contribution in [3.8, 4) is 17.5 Å². The van der Waals surface area contributed by atoms with Crippen molar-refractivity contribution in [2.45, 2.75) is 19.1 Å². The summed E-state index contributed by atoms with van der Waals surface area (Å²) in [5, 5.41) is 19.8. The maximum absolute atomic E-state index is 12.1. The van der Waals surface area contributed by atoms with E-state index < -0.39 is 0 Å². The summed E-state index contributed by atoms with van der Waals surface area (Å²) in [6.07, 6.45) is 3.26. The van der Waals surface area contributed by atoms with Gasteiger partial charge in [0.05, 0.1) is 11.3 Å². The Bertz CT molecular complexity index is 943. The fourth-order valence-electron chi connectivity index (χ4n) is 2.01. The summed E-state index contributed by atoms with van der Waals surface area (Å²) in [4.78, 5) is 16.0. The summed E-state index contributed by atoms with van der Waals surface area (Å²) in [6.45, 7) is 3.50. The molecule has 0 aliphatic rings. The number of carbonyl (C=O) groups is 1. The second-order valence-electron chi connectivity index (χ2n) is 5.05. The van der Waals surface area contributed by atoms with Crippen molar-refractivity contribution in [1.29, 1.82) is 5.26 Å². The van der Waals surface area contributed by atoms with Gasteiger partial charge in [-0.3, -0.25) is 15.1 Å². The van der Waals surface area contributed by atoms with Crippen LogP contribution in [0, 0.1) is 25.2 Å². The van der Waals surface area contributed by atoms with Crippen LogP contribution in [0.15, 0.2) is 38.6 Å². The van der Waals surface area contributed by atoms with Gasteiger partial charge in [-0.2, -0.15) is 5.26 Å². The number of aryl methyl sites for hydroxylation is 1. The van der Waals surface area contributed by atoms with E-state index in [1.807, 2.05) is 6.07 Å². The molecule has 1 amide bonds. The average Bonchev–Trinajstić information content (AvgIpc) is 3.19. The first-order valence-corrected chi connectivity index (χ1v) is 8.23. The molecule has 0 fully saturated rings. The highest BCUT2D eigenvalue weighted by Crippen LogP contribution is 2.26. The van der Waals surface area contributed by atoms with Crippen molar-refractivity contribution in [3.05, 3.63) is 41.4 Å². The predicted octanol–water partition coefficient (Wildman–Crippen LogP) is 2.94. The Morgan fingerprint density at radius 2 is 2.20 bits per heavy atom. The number of hydrogen-bond acceptors (Lipinski definition) is 8. The average molecular weight is 355 g/mol. The Labute approximate surface area is 147 Å². The fourth-order valence-corrected chi connectivity index (χ4v) is 2.58. The van der Waals surface area contributed by atoms with Gasteiger partial charge in [0.15, 0.2) is 0 Å². The molecule has 3 aromatic rings. The van der Waals surface area contributed by atoms with Crippen molar-refractivity contribution in [2.24, 2.45) is 0 Å². The van der Waals surface area contributed by atoms with Gasteiger partial charge in [-0.05, 0) is 26.0 Å². The topological polar surface area (TPSA) is 118 Å². The second kappa shape index (κ2) is 7.19. The van der Waals surface area contributed by atoms with Crippen molar-refractivity contribution in [2.75, 3.05) is 11.1 Å². The largest absolute Gasteiger partial charge is 0.444 e. The molecule has 0 spiro atoms. The first-order chi connectivity index (χ1) is 12.1. The van der Waals surface area contributed by atoms with Crippen LogP contribution in [0.4, 0.5) is 5.88 Å². The number of amides is 1. The summed E-state index contributed by atoms with van der Waals surface area (Å²) in [6, 6.07) is 5.59. The lowest BCUT2D eigenvalue weighted by Crippen LogP contribution is -2.14. The Balaban J connectivity index is 1.61. The van der Waals surface area contributed by atoms with Gasteiger partial charge in [-0.1, -0.05) is 11.8 Å². The molecule has 3 rings (SSSR count). The zero-order valence-electron chi connectivity index (χ0n) is 13.4. The monoisotopic (exact) mass is 355 g/mol. The van der Waals surface area contributed by atoms with E-state index in [2.05, 4.69) is 20.5 Å². The predicted molar refractivity (Wildman–Crippen MR) is 89.8 cm³/mol. The number of carbonyl (C=O) groups excluding carboxylic acids is 1. The van der Waals surface area contributed by atoms with Gasteiger partial charge >= 0.3 is 0 Å². The van der Waals surface area contributed by atoms with Crippen molar-refractivity contribution in [3.63, 3.8) is 0 Å². The van der Waals surface area contributed by atoms with E-state index in [0.29, 0.717) is 28.3 Å². The van der Waals surface area contributed by atoms with E-state index in [1.54, 1.807) is 38.4 Å². The summed E-state index contributed by atoms with van der Waals surface area (Å²) in [5.74, 6) is 0.789. The van der Waals surface area contributed by atoms with Gasteiger partial charge < -0.3 is 8.83 Å². The molecule has 0 unspecified atom stereocenters. The molecule has 25 heavy (non-hydrogen) atoms. The second-order valence-corrected chi connectivity index (χ2v) is 5.98. The van der Waals surface area contributed by atoms with Crippen molar-refractivity contribution < 1.29 is 13.6 Å². The molecule has 126 valence electrons. The van der Waals surface area contributed by atoms with E-state index in [1.165, 1.54) is 0 Å². The summed E-state index contributed by atoms with van der Waals surface area (Å²) in [5.41, 5.74) is 1.74. The van der Waals surface area contributed by atoms with Gasteiger partial charge in [0.1, 0.15) is 17.4 Å². The number of rotatable bonds is 5. The zero-order chi connectivity index (χ0) is 17.8. The molecule has 0 aliphatic heterocycles. The number of anilines is 1. The standard InChI is InChI=1S/C16H13N5O3S/c1-9-10(2)23-15(12(9)6-17)19-13(22)8-25-16-21-20-14(24-16)11-4-3-5-18-7-11/h3-5,7H,8H2,1-2H3,(H,19,22). The summed E-state index contributed by atoms with van der Waals surface area (Å²) >= 11 is 1.09. The highest BCUT2D eigenvalue weighted by Gasteiger charge is 2.17. The molecule has 0 aromatic carbocycles. The number of thioether (sulfide) groups is 1. The third kappa shape index (κ3) is 3.70. The molecule has 3 aromatic heterocycles. The van der Waals surface area contributed by atoms with Crippen LogP contribution in [0.5, 0.6) is 0 Å². The Morgan fingerprint density at radius 3 is 2.92 bits per heavy atom. The highest BCUT2D eigenvalue weighted by atomic mass is 32.2. The SMILES string of the molecule is Cc1oc(NC(=O)CSc2nnc(-c3cccnc3)o2)c(C#N)c1C. The first-order valence-electron chi connectivity index (χ1n) is 7.25. The number of nitriles is 1. The Morgan fingerprint density at radius 1 is 1.36 bits per heavy atom. The lowest BCUT2D eigenvalue weighted by atomic mass is 10.2. The molecule has 0 aliphatic carbocycles. The number of hydrogen-bond donors (Lipinski definition) is 1. The van der Waals surface area contributed by atoms with Crippen molar-refractivity contribution in [1.82, 2.24) is 15.2 Å². The van der Waals surface area contributed by atoms with Gasteiger partial charge in [0, 0.05) is 18.0 Å². The molecule has 0 saturated heterocycles. The quantitative estimate of drug-likeness (QED) is 0.694. The number of nitrogens with one attached hydrogen (secondary N) is 1. The molecule has 0 bridgehead atoms. The molecule has 0 radical (unpaired) electrons. The molecular weight excluding hydrogens is 342 g/mol. The molecule has 0 saturated carbocycles. The van der Waals surface area contributed by atoms with Crippen LogP contribution >= 0.6 is 11.8 Å². The van der Waals surface area contributed by atoms with Gasteiger partial charge in [-0.25, -0.2) is 0 Å². The highest BCUT2D eigenvalue weighted by molar-refractivity contribution is 7.99. The maximum Gasteiger partial charge on any atom is 0.277 e. The molecule has 3 heterocycles. The number of furan rings is 1. The lowest BCUT2D eigenvalue weighted by Gasteiger charge is -2.00. The zero-order valence-corrected chi connectivity index (χ0v) is 14.3. The van der Waals surface area contributed by atoms with E-state index in [0.717, 1.165) is 11.8 Å². The molecule has 9 heteroatoms. The van der Waals surface area contributed by atoms with Crippen LogP contribution in [0.2, 0.25) is 0 Å². The molecule has 0 atom stereocenters. The summed E-state index contributed by atoms with van der Waals surface area (Å²) in [7, 11) is 0. The van der Waals surface area contributed by atoms with Crippen LogP contribution in [-0.2, 0) is 4.79 Å². The van der Waals surface area contributed by atoms with Crippen LogP contribution < -0.4 is 5.32 Å². The smallest absolute Gasteiger partial charge is 0.277 e. The van der Waals surface area contributed by atoms with Crippen LogP contribution in [0.25, 0.3) is 11.5 Å². The third-order valence-electron chi connectivity index (χ3n) is 3.39. The molecule has 1 N–H and O–H groups in total. The minimum absolute atomic E-state index is 0.0400. The van der Waals surface area contributed by atoms with E-state index in [-0.39, 0.29) is 22.8 Å². The molecule has 8 nitrogen and oxygen atoms in total. The van der Waals surface area contributed by atoms with Gasteiger partial charge in [-0.15, -0.1) is 10.2 Å². The van der Waals surface area contributed by atoms with E-state index >= 15 is 0 Å². The summed E-state index contributed by atoms with van der Waals surface area (Å²) < 4.78 is 10.9. The Kier molecular flexibility index (Phi) is 4.81. The van der Waals surface area contributed by atoms with Crippen LogP contribution in [0.3, 0.4) is 0 Å². The minimum Gasteiger partial charge on any atom is -0.444 e. The Hall–Kier alpha value is -3.12. The van der Waals surface area contributed by atoms with Crippen LogP contribution in [0.1, 0.15) is 16.9 Å². The van der Waals surface area contributed by atoms with Crippen molar-refractivity contribution >= 4 is 23.6 Å². The van der Waals surface area contributed by atoms with E-state index in [9.17, 15) is 4.79 Å². The first kappa shape index (κ1) is 16.7. The fraction of sp³-hybridized carbons (Fsp3) is 0.188.